The van der Waals surface area contributed by atoms with Crippen LogP contribution in [0.3, 0.4) is 0 Å². The summed E-state index contributed by atoms with van der Waals surface area (Å²) in [7, 11) is 0. The number of nitrogens with zero attached hydrogens (tertiary/aromatic N) is 1. The highest BCUT2D eigenvalue weighted by Crippen LogP contribution is 2.23. The summed E-state index contributed by atoms with van der Waals surface area (Å²) in [5, 5.41) is 18.0. The Kier molecular flexibility index (Phi) is 5.31. The van der Waals surface area contributed by atoms with E-state index in [4.69, 9.17) is 5.11 Å². The number of hydrogen-bond acceptors (Lipinski definition) is 3. The van der Waals surface area contributed by atoms with Crippen LogP contribution in [0.4, 0.5) is 14.5 Å². The summed E-state index contributed by atoms with van der Waals surface area (Å²) in [6, 6.07) is 6.29. The van der Waals surface area contributed by atoms with Gasteiger partial charge in [0.15, 0.2) is 0 Å². The van der Waals surface area contributed by atoms with Gasteiger partial charge in [0.25, 0.3) is 6.43 Å². The molecule has 0 amide bonds. The van der Waals surface area contributed by atoms with E-state index in [0.717, 1.165) is 12.2 Å². The van der Waals surface area contributed by atoms with Crippen molar-refractivity contribution in [1.82, 2.24) is 0 Å². The van der Waals surface area contributed by atoms with Crippen molar-refractivity contribution in [2.75, 3.05) is 24.6 Å². The van der Waals surface area contributed by atoms with Gasteiger partial charge in [-0.3, -0.25) is 0 Å². The number of aliphatic hydroxyl groups is 2. The molecule has 1 aromatic carbocycles. The maximum atomic E-state index is 12.3. The Morgan fingerprint density at radius 3 is 2.24 bits per heavy atom. The van der Waals surface area contributed by atoms with E-state index in [-0.39, 0.29) is 12.2 Å². The molecule has 1 rings (SSSR count). The molecular formula is C12H17F2NO2. The van der Waals surface area contributed by atoms with Crippen molar-refractivity contribution in [3.8, 4) is 0 Å². The number of aliphatic hydroxyl groups excluding tert-OH is 2. The summed E-state index contributed by atoms with van der Waals surface area (Å²) in [4.78, 5) is 1.92. The lowest BCUT2D eigenvalue weighted by Gasteiger charge is -2.22. The zero-order chi connectivity index (χ0) is 12.8. The number of halogens is 2. The van der Waals surface area contributed by atoms with Gasteiger partial charge in [-0.1, -0.05) is 12.1 Å². The summed E-state index contributed by atoms with van der Waals surface area (Å²) < 4.78 is 24.5. The number of rotatable bonds is 6. The van der Waals surface area contributed by atoms with E-state index in [1.54, 1.807) is 12.1 Å². The zero-order valence-corrected chi connectivity index (χ0v) is 9.68. The van der Waals surface area contributed by atoms with E-state index >= 15 is 0 Å². The van der Waals surface area contributed by atoms with Gasteiger partial charge in [0.1, 0.15) is 6.10 Å². The molecule has 0 aliphatic heterocycles. The fourth-order valence-corrected chi connectivity index (χ4v) is 1.62. The molecule has 0 heterocycles. The Bertz CT molecular complexity index is 330. The van der Waals surface area contributed by atoms with Crippen LogP contribution in [0.15, 0.2) is 24.3 Å². The van der Waals surface area contributed by atoms with Crippen LogP contribution >= 0.6 is 0 Å². The molecule has 5 heteroatoms. The molecule has 1 unspecified atom stereocenters. The fourth-order valence-electron chi connectivity index (χ4n) is 1.62. The van der Waals surface area contributed by atoms with E-state index in [1.807, 2.05) is 11.8 Å². The molecule has 0 bridgehead atoms. The van der Waals surface area contributed by atoms with Gasteiger partial charge >= 0.3 is 0 Å². The minimum absolute atomic E-state index is 0.0370. The first-order chi connectivity index (χ1) is 8.10. The maximum absolute atomic E-state index is 12.3. The van der Waals surface area contributed by atoms with E-state index in [1.165, 1.54) is 12.1 Å². The Balaban J connectivity index is 2.79. The van der Waals surface area contributed by atoms with Crippen molar-refractivity contribution in [1.29, 1.82) is 0 Å². The highest BCUT2D eigenvalue weighted by atomic mass is 19.3. The molecule has 3 nitrogen and oxygen atoms in total. The second kappa shape index (κ2) is 6.51. The quantitative estimate of drug-likeness (QED) is 0.803. The molecule has 1 aromatic rings. The zero-order valence-electron chi connectivity index (χ0n) is 9.68. The predicted molar refractivity (Wildman–Crippen MR) is 62.4 cm³/mol. The number of hydrogen-bond donors (Lipinski definition) is 2. The highest BCUT2D eigenvalue weighted by Gasteiger charge is 2.18. The van der Waals surface area contributed by atoms with Crippen molar-refractivity contribution in [3.63, 3.8) is 0 Å². The second-order valence-electron chi connectivity index (χ2n) is 3.67. The van der Waals surface area contributed by atoms with Crippen molar-refractivity contribution < 1.29 is 19.0 Å². The molecule has 17 heavy (non-hydrogen) atoms. The lowest BCUT2D eigenvalue weighted by molar-refractivity contribution is -0.00577. The lowest BCUT2D eigenvalue weighted by atomic mass is 10.1. The third kappa shape index (κ3) is 3.64. The van der Waals surface area contributed by atoms with Crippen molar-refractivity contribution in [2.24, 2.45) is 0 Å². The van der Waals surface area contributed by atoms with Crippen LogP contribution in [-0.2, 0) is 0 Å². The van der Waals surface area contributed by atoms with Crippen molar-refractivity contribution in [2.45, 2.75) is 19.5 Å². The fraction of sp³-hybridized carbons (Fsp3) is 0.500. The largest absolute Gasteiger partial charge is 0.395 e. The average molecular weight is 245 g/mol. The second-order valence-corrected chi connectivity index (χ2v) is 3.67. The highest BCUT2D eigenvalue weighted by molar-refractivity contribution is 5.47. The minimum Gasteiger partial charge on any atom is -0.395 e. The summed E-state index contributed by atoms with van der Waals surface area (Å²) in [6.07, 6.45) is -4.52. The smallest absolute Gasteiger partial charge is 0.268 e. The standard InChI is InChI=1S/C12H17F2NO2/c1-2-15(7-8-16)10-5-3-9(4-6-10)11(17)12(13)14/h3-6,11-12,16-17H,2,7-8H2,1H3. The molecule has 0 saturated heterocycles. The lowest BCUT2D eigenvalue weighted by Crippen LogP contribution is -2.26. The molecule has 96 valence electrons. The SMILES string of the molecule is CCN(CCO)c1ccc(C(O)C(F)F)cc1. The molecule has 2 N–H and O–H groups in total. The van der Waals surface area contributed by atoms with Crippen LogP contribution in [-0.4, -0.2) is 36.3 Å². The Morgan fingerprint density at radius 2 is 1.82 bits per heavy atom. The molecular weight excluding hydrogens is 228 g/mol. The summed E-state index contributed by atoms with van der Waals surface area (Å²) in [6.45, 7) is 3.19. The van der Waals surface area contributed by atoms with E-state index in [9.17, 15) is 13.9 Å². The van der Waals surface area contributed by atoms with Gasteiger partial charge < -0.3 is 15.1 Å². The van der Waals surface area contributed by atoms with Gasteiger partial charge in [-0.05, 0) is 24.6 Å². The van der Waals surface area contributed by atoms with Gasteiger partial charge in [-0.25, -0.2) is 8.78 Å². The molecule has 0 aliphatic rings. The topological polar surface area (TPSA) is 43.7 Å². The van der Waals surface area contributed by atoms with Crippen LogP contribution in [0, 0.1) is 0 Å². The molecule has 1 atom stereocenters. The Morgan fingerprint density at radius 1 is 1.24 bits per heavy atom. The molecule has 0 spiro atoms. The van der Waals surface area contributed by atoms with Gasteiger partial charge in [0, 0.05) is 18.8 Å². The Labute approximate surface area is 99.3 Å². The first-order valence-corrected chi connectivity index (χ1v) is 5.52. The predicted octanol–water partition coefficient (Wildman–Crippen LogP) is 1.80. The van der Waals surface area contributed by atoms with Crippen LogP contribution in [0.5, 0.6) is 0 Å². The first kappa shape index (κ1) is 13.9. The van der Waals surface area contributed by atoms with E-state index < -0.39 is 12.5 Å². The van der Waals surface area contributed by atoms with Gasteiger partial charge in [0.2, 0.25) is 0 Å². The third-order valence-corrected chi connectivity index (χ3v) is 2.59. The summed E-state index contributed by atoms with van der Waals surface area (Å²) in [5.74, 6) is 0. The normalized spacial score (nSPS) is 12.8. The van der Waals surface area contributed by atoms with Gasteiger partial charge in [0.05, 0.1) is 6.61 Å². The van der Waals surface area contributed by atoms with Crippen LogP contribution in [0.1, 0.15) is 18.6 Å². The first-order valence-electron chi connectivity index (χ1n) is 5.52. The number of likely N-dealkylation sites (N-methyl/N-ethyl adjacent to an activating group) is 1. The minimum atomic E-state index is -2.78. The monoisotopic (exact) mass is 245 g/mol. The molecule has 0 saturated carbocycles. The third-order valence-electron chi connectivity index (χ3n) is 2.59. The maximum Gasteiger partial charge on any atom is 0.268 e. The molecule has 0 aromatic heterocycles. The number of benzene rings is 1. The number of anilines is 1. The van der Waals surface area contributed by atoms with E-state index in [2.05, 4.69) is 0 Å². The van der Waals surface area contributed by atoms with Crippen LogP contribution in [0.25, 0.3) is 0 Å². The van der Waals surface area contributed by atoms with Gasteiger partial charge in [-0.2, -0.15) is 0 Å². The molecule has 0 fully saturated rings. The van der Waals surface area contributed by atoms with Crippen LogP contribution < -0.4 is 4.90 Å². The summed E-state index contributed by atoms with van der Waals surface area (Å²) >= 11 is 0. The van der Waals surface area contributed by atoms with Gasteiger partial charge in [-0.15, -0.1) is 0 Å². The summed E-state index contributed by atoms with van der Waals surface area (Å²) in [5.41, 5.74) is 1.04. The van der Waals surface area contributed by atoms with Crippen LogP contribution in [0.2, 0.25) is 0 Å². The van der Waals surface area contributed by atoms with Crippen molar-refractivity contribution >= 4 is 5.69 Å². The molecule has 0 radical (unpaired) electrons. The van der Waals surface area contributed by atoms with Crippen molar-refractivity contribution in [3.05, 3.63) is 29.8 Å². The molecule has 0 aliphatic carbocycles. The Hall–Kier alpha value is -1.20. The average Bonchev–Trinajstić information content (AvgIpc) is 2.35. The van der Waals surface area contributed by atoms with E-state index in [0.29, 0.717) is 6.54 Å². The number of alkyl halides is 2.